The zero-order valence-corrected chi connectivity index (χ0v) is 15.0. The van der Waals surface area contributed by atoms with Crippen LogP contribution in [0.25, 0.3) is 0 Å². The number of ether oxygens (including phenoxy) is 1. The second-order valence-corrected chi connectivity index (χ2v) is 5.98. The van der Waals surface area contributed by atoms with E-state index in [9.17, 15) is 9.59 Å². The number of carbonyl (C=O) groups excluding carboxylic acids is 2. The molecule has 138 valence electrons. The molecule has 0 radical (unpaired) electrons. The molecule has 0 saturated carbocycles. The highest BCUT2D eigenvalue weighted by atomic mass is 16.5. The van der Waals surface area contributed by atoms with Crippen LogP contribution in [0.2, 0.25) is 0 Å². The Kier molecular flexibility index (Phi) is 5.51. The number of aryl methyl sites for hydroxylation is 2. The molecule has 3 rings (SSSR count). The van der Waals surface area contributed by atoms with E-state index < -0.39 is 0 Å². The van der Waals surface area contributed by atoms with Gasteiger partial charge in [-0.05, 0) is 55.8 Å². The predicted molar refractivity (Wildman–Crippen MR) is 101 cm³/mol. The van der Waals surface area contributed by atoms with E-state index in [4.69, 9.17) is 9.26 Å². The predicted octanol–water partition coefficient (Wildman–Crippen LogP) is 3.56. The van der Waals surface area contributed by atoms with Crippen LogP contribution < -0.4 is 15.4 Å². The molecular formula is C20H19N3O4. The van der Waals surface area contributed by atoms with Crippen LogP contribution in [0.5, 0.6) is 5.75 Å². The molecule has 7 heteroatoms. The molecule has 0 aliphatic heterocycles. The van der Waals surface area contributed by atoms with Crippen molar-refractivity contribution >= 4 is 23.2 Å². The standard InChI is InChI=1S/C20H19N3O4/c1-13-4-3-5-17(10-13)26-12-19(24)22-15-6-8-16(9-7-15)23-20(25)18-11-21-27-14(18)2/h3-11H,12H2,1-2H3,(H,22,24)(H,23,25). The molecule has 1 heterocycles. The summed E-state index contributed by atoms with van der Waals surface area (Å²) in [5.41, 5.74) is 2.63. The average molecular weight is 365 g/mol. The number of nitrogens with zero attached hydrogens (tertiary/aromatic N) is 1. The first kappa shape index (κ1) is 18.2. The fourth-order valence-electron chi connectivity index (χ4n) is 2.40. The van der Waals surface area contributed by atoms with Crippen molar-refractivity contribution in [3.05, 3.63) is 71.6 Å². The van der Waals surface area contributed by atoms with Gasteiger partial charge in [0.25, 0.3) is 11.8 Å². The fourth-order valence-corrected chi connectivity index (χ4v) is 2.40. The molecule has 2 aromatic carbocycles. The van der Waals surface area contributed by atoms with Crippen LogP contribution in [0.3, 0.4) is 0 Å². The number of anilines is 2. The van der Waals surface area contributed by atoms with Gasteiger partial charge in [-0.2, -0.15) is 0 Å². The lowest BCUT2D eigenvalue weighted by Gasteiger charge is -2.09. The highest BCUT2D eigenvalue weighted by Crippen LogP contribution is 2.16. The molecule has 27 heavy (non-hydrogen) atoms. The summed E-state index contributed by atoms with van der Waals surface area (Å²) in [6.07, 6.45) is 1.37. The van der Waals surface area contributed by atoms with Crippen molar-refractivity contribution in [1.29, 1.82) is 0 Å². The second-order valence-electron chi connectivity index (χ2n) is 5.98. The lowest BCUT2D eigenvalue weighted by molar-refractivity contribution is -0.118. The van der Waals surface area contributed by atoms with Crippen molar-refractivity contribution < 1.29 is 18.8 Å². The molecule has 2 amide bonds. The van der Waals surface area contributed by atoms with Gasteiger partial charge in [-0.3, -0.25) is 9.59 Å². The van der Waals surface area contributed by atoms with Crippen LogP contribution >= 0.6 is 0 Å². The zero-order chi connectivity index (χ0) is 19.2. The van der Waals surface area contributed by atoms with E-state index in [1.165, 1.54) is 6.20 Å². The minimum atomic E-state index is -0.308. The molecule has 0 spiro atoms. The largest absolute Gasteiger partial charge is 0.484 e. The van der Waals surface area contributed by atoms with Gasteiger partial charge in [0.1, 0.15) is 17.1 Å². The summed E-state index contributed by atoms with van der Waals surface area (Å²) >= 11 is 0. The zero-order valence-electron chi connectivity index (χ0n) is 15.0. The molecule has 1 aromatic heterocycles. The van der Waals surface area contributed by atoms with Crippen LogP contribution in [0.4, 0.5) is 11.4 Å². The Bertz CT molecular complexity index is 948. The van der Waals surface area contributed by atoms with Crippen molar-refractivity contribution in [2.24, 2.45) is 0 Å². The molecular weight excluding hydrogens is 346 g/mol. The van der Waals surface area contributed by atoms with Gasteiger partial charge in [0.05, 0.1) is 6.20 Å². The summed E-state index contributed by atoms with van der Waals surface area (Å²) in [7, 11) is 0. The first-order valence-electron chi connectivity index (χ1n) is 8.33. The van der Waals surface area contributed by atoms with Gasteiger partial charge < -0.3 is 19.9 Å². The van der Waals surface area contributed by atoms with E-state index in [-0.39, 0.29) is 18.4 Å². The molecule has 3 aromatic rings. The number of aromatic nitrogens is 1. The summed E-state index contributed by atoms with van der Waals surface area (Å²) in [6.45, 7) is 3.53. The van der Waals surface area contributed by atoms with Gasteiger partial charge in [0.2, 0.25) is 0 Å². The van der Waals surface area contributed by atoms with Gasteiger partial charge in [0.15, 0.2) is 6.61 Å². The third kappa shape index (κ3) is 4.94. The highest BCUT2D eigenvalue weighted by molar-refractivity contribution is 6.04. The number of rotatable bonds is 6. The van der Waals surface area contributed by atoms with Crippen LogP contribution in [-0.4, -0.2) is 23.6 Å². The summed E-state index contributed by atoms with van der Waals surface area (Å²) < 4.78 is 10.3. The molecule has 7 nitrogen and oxygen atoms in total. The van der Waals surface area contributed by atoms with Crippen molar-refractivity contribution in [2.45, 2.75) is 13.8 Å². The smallest absolute Gasteiger partial charge is 0.262 e. The first-order chi connectivity index (χ1) is 13.0. The molecule has 0 atom stereocenters. The van der Waals surface area contributed by atoms with Crippen LogP contribution in [0.1, 0.15) is 21.7 Å². The maximum atomic E-state index is 12.1. The number of hydrogen-bond acceptors (Lipinski definition) is 5. The molecule has 0 bridgehead atoms. The second kappa shape index (κ2) is 8.18. The molecule has 0 fully saturated rings. The number of carbonyl (C=O) groups is 2. The van der Waals surface area contributed by atoms with E-state index in [0.29, 0.717) is 28.4 Å². The van der Waals surface area contributed by atoms with Gasteiger partial charge in [-0.25, -0.2) is 0 Å². The summed E-state index contributed by atoms with van der Waals surface area (Å²) in [5.74, 6) is 0.516. The SMILES string of the molecule is Cc1cccc(OCC(=O)Nc2ccc(NC(=O)c3cnoc3C)cc2)c1. The molecule has 0 unspecified atom stereocenters. The Morgan fingerprint density at radius 1 is 1.04 bits per heavy atom. The monoisotopic (exact) mass is 365 g/mol. The maximum Gasteiger partial charge on any atom is 0.262 e. The lowest BCUT2D eigenvalue weighted by Crippen LogP contribution is -2.20. The van der Waals surface area contributed by atoms with E-state index in [0.717, 1.165) is 5.56 Å². The molecule has 0 aliphatic rings. The Morgan fingerprint density at radius 2 is 1.74 bits per heavy atom. The van der Waals surface area contributed by atoms with Gasteiger partial charge in [-0.1, -0.05) is 17.3 Å². The van der Waals surface area contributed by atoms with Gasteiger partial charge in [-0.15, -0.1) is 0 Å². The van der Waals surface area contributed by atoms with Gasteiger partial charge in [0, 0.05) is 11.4 Å². The third-order valence-corrected chi connectivity index (χ3v) is 3.78. The van der Waals surface area contributed by atoms with Crippen molar-refractivity contribution in [3.8, 4) is 5.75 Å². The number of nitrogens with one attached hydrogen (secondary N) is 2. The van der Waals surface area contributed by atoms with Crippen LogP contribution in [-0.2, 0) is 4.79 Å². The Balaban J connectivity index is 1.52. The normalized spacial score (nSPS) is 10.3. The quantitative estimate of drug-likeness (QED) is 0.697. The number of hydrogen-bond donors (Lipinski definition) is 2. The minimum Gasteiger partial charge on any atom is -0.484 e. The number of benzene rings is 2. The van der Waals surface area contributed by atoms with E-state index in [1.807, 2.05) is 25.1 Å². The Hall–Kier alpha value is -3.61. The van der Waals surface area contributed by atoms with E-state index >= 15 is 0 Å². The lowest BCUT2D eigenvalue weighted by atomic mass is 10.2. The average Bonchev–Trinajstić information content (AvgIpc) is 3.08. The third-order valence-electron chi connectivity index (χ3n) is 3.78. The highest BCUT2D eigenvalue weighted by Gasteiger charge is 2.13. The molecule has 0 saturated heterocycles. The first-order valence-corrected chi connectivity index (χ1v) is 8.33. The summed E-state index contributed by atoms with van der Waals surface area (Å²) in [4.78, 5) is 24.1. The summed E-state index contributed by atoms with van der Waals surface area (Å²) in [6, 6.07) is 14.3. The van der Waals surface area contributed by atoms with E-state index in [2.05, 4.69) is 15.8 Å². The number of amides is 2. The van der Waals surface area contributed by atoms with Crippen LogP contribution in [0, 0.1) is 13.8 Å². The Labute approximate surface area is 156 Å². The van der Waals surface area contributed by atoms with Gasteiger partial charge >= 0.3 is 0 Å². The topological polar surface area (TPSA) is 93.5 Å². The minimum absolute atomic E-state index is 0.0886. The molecule has 2 N–H and O–H groups in total. The fraction of sp³-hybridized carbons (Fsp3) is 0.150. The van der Waals surface area contributed by atoms with Crippen molar-refractivity contribution in [1.82, 2.24) is 5.16 Å². The summed E-state index contributed by atoms with van der Waals surface area (Å²) in [5, 5.41) is 9.06. The van der Waals surface area contributed by atoms with Crippen molar-refractivity contribution in [3.63, 3.8) is 0 Å². The van der Waals surface area contributed by atoms with Crippen molar-refractivity contribution in [2.75, 3.05) is 17.2 Å². The maximum absolute atomic E-state index is 12.1. The molecule has 0 aliphatic carbocycles. The van der Waals surface area contributed by atoms with E-state index in [1.54, 1.807) is 37.3 Å². The van der Waals surface area contributed by atoms with Crippen LogP contribution in [0.15, 0.2) is 59.3 Å². The Morgan fingerprint density at radius 3 is 2.37 bits per heavy atom.